The van der Waals surface area contributed by atoms with E-state index in [2.05, 4.69) is 10.6 Å². The Hall–Kier alpha value is -3.09. The van der Waals surface area contributed by atoms with Gasteiger partial charge in [-0.15, -0.1) is 0 Å². The molecule has 1 aliphatic rings. The van der Waals surface area contributed by atoms with E-state index in [0.29, 0.717) is 23.7 Å². The van der Waals surface area contributed by atoms with Crippen LogP contribution in [0.4, 0.5) is 26.2 Å². The fourth-order valence-electron chi connectivity index (χ4n) is 3.02. The summed E-state index contributed by atoms with van der Waals surface area (Å²) in [7, 11) is 0. The summed E-state index contributed by atoms with van der Waals surface area (Å²) in [5, 5.41) is 5.14. The fraction of sp³-hybridized carbons (Fsp3) is 0.333. The van der Waals surface area contributed by atoms with Gasteiger partial charge in [0, 0.05) is 18.3 Å². The quantitative estimate of drug-likeness (QED) is 0.806. The van der Waals surface area contributed by atoms with Gasteiger partial charge in [0.05, 0.1) is 16.8 Å². The number of hydrogen-bond donors (Lipinski definition) is 2. The Morgan fingerprint density at radius 2 is 1.96 bits per heavy atom. The Balaban J connectivity index is 1.81. The molecule has 0 aromatic heterocycles. The second-order valence-electron chi connectivity index (χ2n) is 7.37. The van der Waals surface area contributed by atoms with Crippen molar-refractivity contribution in [2.24, 2.45) is 5.41 Å². The Labute approximate surface area is 163 Å². The third kappa shape index (κ3) is 4.08. The monoisotopic (exact) mass is 385 g/mol. The van der Waals surface area contributed by atoms with Gasteiger partial charge >= 0.3 is 6.03 Å². The van der Waals surface area contributed by atoms with Crippen LogP contribution in [0, 0.1) is 11.2 Å². The van der Waals surface area contributed by atoms with E-state index in [1.807, 2.05) is 20.8 Å². The highest BCUT2D eigenvalue weighted by atomic mass is 19.1. The molecule has 0 atom stereocenters. The minimum atomic E-state index is -0.649. The number of para-hydroxylation sites is 1. The lowest BCUT2D eigenvalue weighted by Crippen LogP contribution is -2.42. The molecular weight excluding hydrogens is 361 g/mol. The number of rotatable bonds is 4. The summed E-state index contributed by atoms with van der Waals surface area (Å²) in [6, 6.07) is 10.5. The van der Waals surface area contributed by atoms with E-state index >= 15 is 0 Å². The SMILES string of the molecule is CCCN1C(=O)C(C)(C)COc2cc(NC(=O)Nc3ccccc3F)ccc21. The van der Waals surface area contributed by atoms with E-state index < -0.39 is 17.3 Å². The first kappa shape index (κ1) is 19.7. The lowest BCUT2D eigenvalue weighted by Gasteiger charge is -2.27. The van der Waals surface area contributed by atoms with Crippen molar-refractivity contribution in [1.82, 2.24) is 0 Å². The van der Waals surface area contributed by atoms with Gasteiger partial charge in [-0.3, -0.25) is 4.79 Å². The molecule has 0 fully saturated rings. The molecule has 6 nitrogen and oxygen atoms in total. The smallest absolute Gasteiger partial charge is 0.323 e. The lowest BCUT2D eigenvalue weighted by molar-refractivity contribution is -0.127. The maximum atomic E-state index is 13.7. The first-order chi connectivity index (χ1) is 13.3. The standard InChI is InChI=1S/C21H24FN3O3/c1-4-11-25-17-10-9-14(12-18(17)28-13-21(2,3)19(25)26)23-20(27)24-16-8-6-5-7-15(16)22/h5-10,12H,4,11,13H2,1-3H3,(H2,23,24,27). The van der Waals surface area contributed by atoms with Crippen LogP contribution < -0.4 is 20.3 Å². The molecule has 1 heterocycles. The average molecular weight is 385 g/mol. The van der Waals surface area contributed by atoms with Crippen LogP contribution in [0.5, 0.6) is 5.75 Å². The highest BCUT2D eigenvalue weighted by molar-refractivity contribution is 6.02. The number of carbonyl (C=O) groups is 2. The number of amides is 3. The molecule has 0 aliphatic carbocycles. The molecule has 28 heavy (non-hydrogen) atoms. The van der Waals surface area contributed by atoms with Crippen LogP contribution in [0.25, 0.3) is 0 Å². The van der Waals surface area contributed by atoms with E-state index in [1.165, 1.54) is 12.1 Å². The van der Waals surface area contributed by atoms with Gasteiger partial charge in [-0.2, -0.15) is 0 Å². The maximum absolute atomic E-state index is 13.7. The van der Waals surface area contributed by atoms with E-state index in [1.54, 1.807) is 35.2 Å². The van der Waals surface area contributed by atoms with Crippen molar-refractivity contribution < 1.29 is 18.7 Å². The zero-order valence-electron chi connectivity index (χ0n) is 16.2. The molecule has 0 saturated carbocycles. The van der Waals surface area contributed by atoms with Gasteiger partial charge in [0.1, 0.15) is 18.2 Å². The van der Waals surface area contributed by atoms with Crippen molar-refractivity contribution in [3.05, 3.63) is 48.3 Å². The zero-order valence-corrected chi connectivity index (χ0v) is 16.2. The van der Waals surface area contributed by atoms with E-state index in [0.717, 1.165) is 6.42 Å². The maximum Gasteiger partial charge on any atom is 0.323 e. The van der Waals surface area contributed by atoms with Crippen molar-refractivity contribution in [2.45, 2.75) is 27.2 Å². The second-order valence-corrected chi connectivity index (χ2v) is 7.37. The number of ether oxygens (including phenoxy) is 1. The molecule has 3 amide bonds. The van der Waals surface area contributed by atoms with Gasteiger partial charge < -0.3 is 20.3 Å². The molecule has 0 saturated heterocycles. The third-order valence-electron chi connectivity index (χ3n) is 4.49. The molecule has 0 bridgehead atoms. The molecule has 0 radical (unpaired) electrons. The first-order valence-electron chi connectivity index (χ1n) is 9.23. The number of carbonyl (C=O) groups excluding carboxylic acids is 2. The van der Waals surface area contributed by atoms with Gasteiger partial charge in [0.25, 0.3) is 0 Å². The largest absolute Gasteiger partial charge is 0.490 e. The van der Waals surface area contributed by atoms with E-state index in [9.17, 15) is 14.0 Å². The molecule has 0 unspecified atom stereocenters. The second kappa shape index (κ2) is 7.88. The molecule has 2 aromatic rings. The molecule has 3 rings (SSSR count). The van der Waals surface area contributed by atoms with Gasteiger partial charge in [-0.1, -0.05) is 19.1 Å². The predicted molar refractivity (Wildman–Crippen MR) is 107 cm³/mol. The summed E-state index contributed by atoms with van der Waals surface area (Å²) < 4.78 is 19.6. The number of fused-ring (bicyclic) bond motifs is 1. The summed E-state index contributed by atoms with van der Waals surface area (Å²) in [5.74, 6) is 0.0148. The van der Waals surface area contributed by atoms with Gasteiger partial charge in [-0.25, -0.2) is 9.18 Å². The fourth-order valence-corrected chi connectivity index (χ4v) is 3.02. The minimum Gasteiger partial charge on any atom is -0.490 e. The van der Waals surface area contributed by atoms with Crippen LogP contribution in [-0.4, -0.2) is 25.1 Å². The Morgan fingerprint density at radius 3 is 2.68 bits per heavy atom. The summed E-state index contributed by atoms with van der Waals surface area (Å²) in [5.41, 5.74) is 0.602. The van der Waals surface area contributed by atoms with Crippen molar-refractivity contribution in [2.75, 3.05) is 28.7 Å². The lowest BCUT2D eigenvalue weighted by atomic mass is 9.93. The number of hydrogen-bond acceptors (Lipinski definition) is 3. The van der Waals surface area contributed by atoms with Crippen molar-refractivity contribution >= 4 is 29.0 Å². The van der Waals surface area contributed by atoms with Crippen LogP contribution in [0.2, 0.25) is 0 Å². The van der Waals surface area contributed by atoms with E-state index in [4.69, 9.17) is 4.74 Å². The topological polar surface area (TPSA) is 70.7 Å². The van der Waals surface area contributed by atoms with Crippen LogP contribution in [0.15, 0.2) is 42.5 Å². The van der Waals surface area contributed by atoms with E-state index in [-0.39, 0.29) is 18.2 Å². The Kier molecular flexibility index (Phi) is 5.53. The number of anilines is 3. The Bertz CT molecular complexity index is 898. The zero-order chi connectivity index (χ0) is 20.3. The summed E-state index contributed by atoms with van der Waals surface area (Å²) in [6.45, 7) is 6.54. The van der Waals surface area contributed by atoms with Gasteiger partial charge in [0.2, 0.25) is 5.91 Å². The number of urea groups is 1. The van der Waals surface area contributed by atoms with Crippen LogP contribution in [0.3, 0.4) is 0 Å². The van der Waals surface area contributed by atoms with Crippen molar-refractivity contribution in [1.29, 1.82) is 0 Å². The third-order valence-corrected chi connectivity index (χ3v) is 4.49. The molecule has 1 aliphatic heterocycles. The highest BCUT2D eigenvalue weighted by Crippen LogP contribution is 2.38. The van der Waals surface area contributed by atoms with Gasteiger partial charge in [0.15, 0.2) is 0 Å². The molecule has 0 spiro atoms. The van der Waals surface area contributed by atoms with Crippen LogP contribution >= 0.6 is 0 Å². The van der Waals surface area contributed by atoms with Gasteiger partial charge in [-0.05, 0) is 44.5 Å². The number of nitrogens with one attached hydrogen (secondary N) is 2. The van der Waals surface area contributed by atoms with Crippen molar-refractivity contribution in [3.63, 3.8) is 0 Å². The van der Waals surface area contributed by atoms with Crippen molar-refractivity contribution in [3.8, 4) is 5.75 Å². The first-order valence-corrected chi connectivity index (χ1v) is 9.23. The number of nitrogens with zero attached hydrogens (tertiary/aromatic N) is 1. The Morgan fingerprint density at radius 1 is 1.21 bits per heavy atom. The number of benzene rings is 2. The molecular formula is C21H24FN3O3. The molecule has 2 N–H and O–H groups in total. The van der Waals surface area contributed by atoms with Crippen LogP contribution in [-0.2, 0) is 4.79 Å². The summed E-state index contributed by atoms with van der Waals surface area (Å²) in [4.78, 5) is 26.8. The number of halogens is 1. The highest BCUT2D eigenvalue weighted by Gasteiger charge is 2.37. The average Bonchev–Trinajstić information content (AvgIpc) is 2.74. The normalized spacial score (nSPS) is 15.3. The summed E-state index contributed by atoms with van der Waals surface area (Å²) >= 11 is 0. The van der Waals surface area contributed by atoms with Crippen LogP contribution in [0.1, 0.15) is 27.2 Å². The minimum absolute atomic E-state index is 0.00565. The molecule has 7 heteroatoms. The molecule has 2 aromatic carbocycles. The predicted octanol–water partition coefficient (Wildman–Crippen LogP) is 4.63. The molecule has 148 valence electrons. The summed E-state index contributed by atoms with van der Waals surface area (Å²) in [6.07, 6.45) is 0.812.